The Labute approximate surface area is 227 Å². The quantitative estimate of drug-likeness (QED) is 0.0531. The fourth-order valence-corrected chi connectivity index (χ4v) is 4.04. The highest BCUT2D eigenvalue weighted by molar-refractivity contribution is 4.94. The van der Waals surface area contributed by atoms with Gasteiger partial charge in [-0.05, 0) is 5.53 Å². The normalized spacial score (nSPS) is 36.4. The van der Waals surface area contributed by atoms with Crippen LogP contribution in [0.3, 0.4) is 0 Å². The summed E-state index contributed by atoms with van der Waals surface area (Å²) in [5.41, 5.74) is 8.28. The van der Waals surface area contributed by atoms with E-state index in [2.05, 4.69) is 10.0 Å². The summed E-state index contributed by atoms with van der Waals surface area (Å²) in [5.74, 6) is 0. The molecule has 0 aliphatic carbocycles. The first-order chi connectivity index (χ1) is 19.3. The number of rotatable bonds is 23. The van der Waals surface area contributed by atoms with Gasteiger partial charge in [0.25, 0.3) is 0 Å². The Morgan fingerprint density at radius 1 is 0.590 bits per heavy atom. The summed E-state index contributed by atoms with van der Waals surface area (Å²) in [5, 5.41) is 3.42. The number of epoxide rings is 4. The molecule has 15 nitrogen and oxygen atoms in total. The van der Waals surface area contributed by atoms with E-state index >= 15 is 0 Å². The summed E-state index contributed by atoms with van der Waals surface area (Å²) in [4.78, 5) is 2.68. The molecular formula is C24H39N3O12. The van der Waals surface area contributed by atoms with Crippen LogP contribution in [0.15, 0.2) is 5.11 Å². The zero-order chi connectivity index (χ0) is 26.7. The molecule has 5 saturated heterocycles. The van der Waals surface area contributed by atoms with Crippen LogP contribution in [0.2, 0.25) is 0 Å². The van der Waals surface area contributed by atoms with E-state index in [-0.39, 0.29) is 37.6 Å². The largest absolute Gasteiger partial charge is 0.379 e. The van der Waals surface area contributed by atoms with Crippen LogP contribution < -0.4 is 0 Å². The highest BCUT2D eigenvalue weighted by atomic mass is 16.7. The summed E-state index contributed by atoms with van der Waals surface area (Å²) in [6.45, 7) is 6.77. The molecule has 222 valence electrons. The number of ether oxygens (including phenoxy) is 12. The van der Waals surface area contributed by atoms with E-state index in [1.807, 2.05) is 0 Å². The van der Waals surface area contributed by atoms with Gasteiger partial charge in [0, 0.05) is 11.5 Å². The van der Waals surface area contributed by atoms with Crippen LogP contribution in [0.1, 0.15) is 0 Å². The van der Waals surface area contributed by atoms with Crippen LogP contribution in [-0.4, -0.2) is 154 Å². The number of hydrogen-bond acceptors (Lipinski definition) is 13. The molecule has 5 rings (SSSR count). The first-order valence-corrected chi connectivity index (χ1v) is 13.6. The average molecular weight is 562 g/mol. The molecule has 0 radical (unpaired) electrons. The molecule has 39 heavy (non-hydrogen) atoms. The predicted molar refractivity (Wildman–Crippen MR) is 129 cm³/mol. The van der Waals surface area contributed by atoms with Crippen molar-refractivity contribution in [2.75, 3.05) is 99.0 Å². The van der Waals surface area contributed by atoms with Crippen LogP contribution in [0, 0.1) is 0 Å². The lowest BCUT2D eigenvalue weighted by Gasteiger charge is -2.45. The van der Waals surface area contributed by atoms with Crippen molar-refractivity contribution >= 4 is 0 Å². The van der Waals surface area contributed by atoms with E-state index in [1.54, 1.807) is 0 Å². The number of hydrogen-bond donors (Lipinski definition) is 0. The highest BCUT2D eigenvalue weighted by Crippen LogP contribution is 2.32. The van der Waals surface area contributed by atoms with Crippen molar-refractivity contribution in [1.82, 2.24) is 0 Å². The molecule has 0 spiro atoms. The Bertz CT molecular complexity index is 761. The number of nitrogens with zero attached hydrogens (tertiary/aromatic N) is 3. The molecule has 0 aromatic heterocycles. The maximum atomic E-state index is 8.28. The van der Waals surface area contributed by atoms with Gasteiger partial charge >= 0.3 is 0 Å². The van der Waals surface area contributed by atoms with Crippen molar-refractivity contribution in [3.05, 3.63) is 10.4 Å². The van der Waals surface area contributed by atoms with E-state index in [4.69, 9.17) is 62.4 Å². The van der Waals surface area contributed by atoms with Gasteiger partial charge in [-0.25, -0.2) is 0 Å². The van der Waals surface area contributed by atoms with Crippen molar-refractivity contribution < 1.29 is 56.8 Å². The van der Waals surface area contributed by atoms with Gasteiger partial charge < -0.3 is 56.8 Å². The second kappa shape index (κ2) is 15.7. The van der Waals surface area contributed by atoms with E-state index < -0.39 is 30.7 Å². The second-order valence-corrected chi connectivity index (χ2v) is 9.85. The van der Waals surface area contributed by atoms with Crippen LogP contribution >= 0.6 is 0 Å². The third-order valence-electron chi connectivity index (χ3n) is 6.49. The summed E-state index contributed by atoms with van der Waals surface area (Å²) >= 11 is 0. The SMILES string of the molecule is [N-]=[N+]=NCCOCCOCCO[C@@H]1O[C@H](COCC2CO2)[C@@H](OCC2CO2)[C@H](OCC2CO2)[C@H]1OCC1CO1. The fraction of sp³-hybridized carbons (Fsp3) is 1.00. The minimum atomic E-state index is -0.736. The lowest BCUT2D eigenvalue weighted by Crippen LogP contribution is -2.62. The zero-order valence-corrected chi connectivity index (χ0v) is 22.0. The number of azide groups is 1. The Morgan fingerprint density at radius 3 is 1.74 bits per heavy atom. The second-order valence-electron chi connectivity index (χ2n) is 9.85. The van der Waals surface area contributed by atoms with Gasteiger partial charge in [-0.15, -0.1) is 0 Å². The molecule has 0 amide bonds. The molecule has 5 heterocycles. The van der Waals surface area contributed by atoms with Gasteiger partial charge in [0.1, 0.15) is 48.8 Å². The molecule has 5 aliphatic rings. The van der Waals surface area contributed by atoms with Crippen molar-refractivity contribution in [1.29, 1.82) is 0 Å². The Kier molecular flexibility index (Phi) is 11.8. The Morgan fingerprint density at radius 2 is 1.13 bits per heavy atom. The standard InChI is InChI=1S/C24H39N3O12/c25-27-26-1-2-28-3-4-29-5-6-31-24-23(38-14-19-11-35-19)22(37-13-18-10-34-18)21(36-12-17-9-33-17)20(39-24)15-30-7-16-8-32-16/h16-24H,1-15H2/t16?,17?,18?,19?,20-,21-,22+,23-,24-/m1/s1. The maximum absolute atomic E-state index is 8.28. The monoisotopic (exact) mass is 561 g/mol. The fourth-order valence-electron chi connectivity index (χ4n) is 4.04. The van der Waals surface area contributed by atoms with E-state index in [0.717, 1.165) is 0 Å². The average Bonchev–Trinajstić information content (AvgIpc) is 3.77. The summed E-state index contributed by atoms with van der Waals surface area (Å²) in [6, 6.07) is 0. The maximum Gasteiger partial charge on any atom is 0.187 e. The molecule has 0 N–H and O–H groups in total. The van der Waals surface area contributed by atoms with Crippen molar-refractivity contribution in [3.63, 3.8) is 0 Å². The van der Waals surface area contributed by atoms with Gasteiger partial charge in [-0.3, -0.25) is 0 Å². The van der Waals surface area contributed by atoms with Gasteiger partial charge in [0.15, 0.2) is 6.29 Å². The van der Waals surface area contributed by atoms with Crippen molar-refractivity contribution in [3.8, 4) is 0 Å². The van der Waals surface area contributed by atoms with Crippen LogP contribution in [0.25, 0.3) is 10.4 Å². The predicted octanol–water partition coefficient (Wildman–Crippen LogP) is -0.161. The van der Waals surface area contributed by atoms with E-state index in [1.165, 1.54) is 0 Å². The molecule has 0 bridgehead atoms. The Balaban J connectivity index is 1.16. The zero-order valence-electron chi connectivity index (χ0n) is 22.0. The van der Waals surface area contributed by atoms with Crippen molar-refractivity contribution in [2.24, 2.45) is 5.11 Å². The Hall–Kier alpha value is -1.17. The molecule has 0 saturated carbocycles. The van der Waals surface area contributed by atoms with Gasteiger partial charge in [-0.1, -0.05) is 5.11 Å². The summed E-state index contributed by atoms with van der Waals surface area (Å²) in [7, 11) is 0. The van der Waals surface area contributed by atoms with Gasteiger partial charge in [0.2, 0.25) is 0 Å². The summed E-state index contributed by atoms with van der Waals surface area (Å²) < 4.78 is 69.7. The molecule has 9 atom stereocenters. The van der Waals surface area contributed by atoms with Crippen molar-refractivity contribution in [2.45, 2.75) is 55.1 Å². The minimum absolute atomic E-state index is 0.0547. The molecule has 0 aromatic rings. The lowest BCUT2D eigenvalue weighted by atomic mass is 9.98. The summed E-state index contributed by atoms with van der Waals surface area (Å²) in [6.07, 6.45) is -2.37. The molecule has 15 heteroatoms. The molecule has 5 fully saturated rings. The van der Waals surface area contributed by atoms with Crippen LogP contribution in [-0.2, 0) is 56.8 Å². The minimum Gasteiger partial charge on any atom is -0.379 e. The topological polar surface area (TPSA) is 173 Å². The third kappa shape index (κ3) is 11.0. The highest BCUT2D eigenvalue weighted by Gasteiger charge is 2.50. The van der Waals surface area contributed by atoms with E-state index in [9.17, 15) is 0 Å². The molecule has 0 aromatic carbocycles. The lowest BCUT2D eigenvalue weighted by molar-refractivity contribution is -0.325. The van der Waals surface area contributed by atoms with Crippen LogP contribution in [0.5, 0.6) is 0 Å². The molecular weight excluding hydrogens is 522 g/mol. The smallest absolute Gasteiger partial charge is 0.187 e. The van der Waals surface area contributed by atoms with Crippen LogP contribution in [0.4, 0.5) is 0 Å². The first-order valence-electron chi connectivity index (χ1n) is 13.6. The first kappa shape index (κ1) is 29.3. The van der Waals surface area contributed by atoms with E-state index in [0.29, 0.717) is 85.8 Å². The molecule has 4 unspecified atom stereocenters. The van der Waals surface area contributed by atoms with Gasteiger partial charge in [-0.2, -0.15) is 0 Å². The third-order valence-corrected chi connectivity index (χ3v) is 6.49. The van der Waals surface area contributed by atoms with Gasteiger partial charge in [0.05, 0.1) is 92.5 Å². The molecule has 5 aliphatic heterocycles.